The number of amides is 4. The molecule has 2 aromatic carbocycles. The first-order valence-corrected chi connectivity index (χ1v) is 15.0. The van der Waals surface area contributed by atoms with E-state index in [-0.39, 0.29) is 12.2 Å². The van der Waals surface area contributed by atoms with Crippen molar-refractivity contribution in [1.29, 1.82) is 0 Å². The number of aryl methyl sites for hydroxylation is 4. The fraction of sp³-hybridized carbons (Fsp3) is 0.424. The normalized spacial score (nSPS) is 31.7. The zero-order valence-electron chi connectivity index (χ0n) is 24.7. The van der Waals surface area contributed by atoms with Gasteiger partial charge in [-0.2, -0.15) is 0 Å². The Labute approximate surface area is 253 Å². The smallest absolute Gasteiger partial charge is 0.334 e. The number of allylic oxidation sites excluding steroid dienone is 1. The van der Waals surface area contributed by atoms with Crippen LogP contribution in [0.25, 0.3) is 0 Å². The summed E-state index contributed by atoms with van der Waals surface area (Å²) in [5.74, 6) is -6.67. The second kappa shape index (κ2) is 9.20. The second-order valence-electron chi connectivity index (χ2n) is 12.3. The number of nitrogens with zero attached hydrogens (tertiary/aromatic N) is 2. The van der Waals surface area contributed by atoms with Crippen molar-refractivity contribution in [2.45, 2.75) is 52.8 Å². The van der Waals surface area contributed by atoms with Crippen molar-refractivity contribution in [1.82, 2.24) is 0 Å². The van der Waals surface area contributed by atoms with E-state index in [1.54, 1.807) is 32.9 Å². The van der Waals surface area contributed by atoms with Crippen LogP contribution in [0.3, 0.4) is 0 Å². The molecule has 0 aromatic heterocycles. The molecule has 2 saturated heterocycles. The van der Waals surface area contributed by atoms with E-state index in [0.717, 1.165) is 22.3 Å². The molecule has 2 bridgehead atoms. The van der Waals surface area contributed by atoms with Crippen molar-refractivity contribution in [2.75, 3.05) is 16.4 Å². The van der Waals surface area contributed by atoms with Crippen LogP contribution >= 0.6 is 15.9 Å². The summed E-state index contributed by atoms with van der Waals surface area (Å²) in [6.45, 7) is 12.7. The lowest BCUT2D eigenvalue weighted by molar-refractivity contribution is -0.152. The lowest BCUT2D eigenvalue weighted by Crippen LogP contribution is -2.67. The number of halogens is 1. The predicted molar refractivity (Wildman–Crippen MR) is 160 cm³/mol. The van der Waals surface area contributed by atoms with Crippen molar-refractivity contribution in [2.24, 2.45) is 29.1 Å². The summed E-state index contributed by atoms with van der Waals surface area (Å²) in [7, 11) is 0. The largest absolute Gasteiger partial charge is 0.463 e. The molecule has 0 N–H and O–H groups in total. The van der Waals surface area contributed by atoms with Gasteiger partial charge in [-0.05, 0) is 70.4 Å². The molecule has 2 heterocycles. The van der Waals surface area contributed by atoms with Gasteiger partial charge in [-0.25, -0.2) is 14.6 Å². The zero-order valence-corrected chi connectivity index (χ0v) is 26.3. The summed E-state index contributed by atoms with van der Waals surface area (Å²) in [6, 6.07) is 11.0. The van der Waals surface area contributed by atoms with E-state index >= 15 is 0 Å². The third-order valence-electron chi connectivity index (χ3n) is 9.96. The summed E-state index contributed by atoms with van der Waals surface area (Å²) in [4.78, 5) is 73.8. The molecule has 6 atom stereocenters. The molecule has 5 aliphatic rings. The third kappa shape index (κ3) is 3.31. The Kier molecular flexibility index (Phi) is 6.25. The Morgan fingerprint density at radius 2 is 1.17 bits per heavy atom. The molecule has 3 aliphatic carbocycles. The molecule has 4 amide bonds. The van der Waals surface area contributed by atoms with E-state index in [0.29, 0.717) is 16.9 Å². The van der Waals surface area contributed by atoms with Gasteiger partial charge in [-0.1, -0.05) is 58.2 Å². The standard InChI is InChI=1S/C33H33BrN2O6/c1-8-42-31(41)22-19(6)33(34)25-23(27(37)35(29(25)39)20-11-9-15(2)13-17(20)4)32(22,7)24-26(33)30(40)36(28(24)38)21-12-10-16(3)14-18(21)5/h9-14,23-26H,8H2,1-7H3/t23-,24-,25-,26+,32?,33?/m1/s1. The number of carbonyl (C=O) groups excluding carboxylic acids is 5. The van der Waals surface area contributed by atoms with Crippen molar-refractivity contribution >= 4 is 56.9 Å². The quantitative estimate of drug-likeness (QED) is 0.271. The number of esters is 1. The minimum absolute atomic E-state index is 0.0896. The number of hydrogen-bond donors (Lipinski definition) is 0. The van der Waals surface area contributed by atoms with Crippen molar-refractivity contribution in [3.63, 3.8) is 0 Å². The molecule has 2 aliphatic heterocycles. The van der Waals surface area contributed by atoms with Crippen LogP contribution in [0, 0.1) is 56.8 Å². The second-order valence-corrected chi connectivity index (χ2v) is 13.6. The molecule has 42 heavy (non-hydrogen) atoms. The van der Waals surface area contributed by atoms with Crippen LogP contribution in [-0.2, 0) is 28.7 Å². The Morgan fingerprint density at radius 1 is 0.762 bits per heavy atom. The third-order valence-corrected chi connectivity index (χ3v) is 11.5. The van der Waals surface area contributed by atoms with Gasteiger partial charge < -0.3 is 4.74 Å². The highest BCUT2D eigenvalue weighted by molar-refractivity contribution is 9.10. The van der Waals surface area contributed by atoms with Gasteiger partial charge in [0.1, 0.15) is 0 Å². The number of carbonyl (C=O) groups is 5. The van der Waals surface area contributed by atoms with E-state index in [2.05, 4.69) is 15.9 Å². The van der Waals surface area contributed by atoms with E-state index < -0.39 is 63.0 Å². The van der Waals surface area contributed by atoms with E-state index in [9.17, 15) is 24.0 Å². The first-order valence-electron chi connectivity index (χ1n) is 14.2. The summed E-state index contributed by atoms with van der Waals surface area (Å²) < 4.78 is 4.03. The fourth-order valence-electron chi connectivity index (χ4n) is 8.32. The van der Waals surface area contributed by atoms with E-state index in [1.165, 1.54) is 9.80 Å². The fourth-order valence-corrected chi connectivity index (χ4v) is 9.44. The van der Waals surface area contributed by atoms with Crippen molar-refractivity contribution in [3.8, 4) is 0 Å². The highest BCUT2D eigenvalue weighted by Gasteiger charge is 2.81. The maximum atomic E-state index is 14.5. The summed E-state index contributed by atoms with van der Waals surface area (Å²) in [5.41, 5.74) is 3.56. The molecule has 9 heteroatoms. The molecule has 1 saturated carbocycles. The van der Waals surface area contributed by atoms with Crippen LogP contribution in [0.1, 0.15) is 43.0 Å². The van der Waals surface area contributed by atoms with Gasteiger partial charge in [0.25, 0.3) is 0 Å². The van der Waals surface area contributed by atoms with Crippen LogP contribution in [-0.4, -0.2) is 40.5 Å². The van der Waals surface area contributed by atoms with Crippen molar-refractivity contribution < 1.29 is 28.7 Å². The lowest BCUT2D eigenvalue weighted by Gasteiger charge is -2.59. The van der Waals surface area contributed by atoms with E-state index in [4.69, 9.17) is 4.74 Å². The molecule has 2 aromatic rings. The zero-order chi connectivity index (χ0) is 30.6. The number of rotatable bonds is 4. The molecule has 3 fully saturated rings. The number of alkyl halides is 1. The SMILES string of the molecule is CCOC(=O)C1=C(C)C2(Br)[C@@H]3C(=O)N(c4ccc(C)cc4C)C(=O)[C@@H]3C1(C)[C@H]1C(=O)N(c3ccc(C)cc3C)C(=O)[C@@H]12. The molecule has 2 unspecified atom stereocenters. The maximum absolute atomic E-state index is 14.5. The van der Waals surface area contributed by atoms with E-state index in [1.807, 2.05) is 52.0 Å². The molecule has 7 rings (SSSR count). The predicted octanol–water partition coefficient (Wildman–Crippen LogP) is 4.88. The molecule has 0 spiro atoms. The Bertz CT molecular complexity index is 1580. The topological polar surface area (TPSA) is 101 Å². The van der Waals surface area contributed by atoms with Crippen LogP contribution in [0.4, 0.5) is 11.4 Å². The van der Waals surface area contributed by atoms with Gasteiger partial charge in [0, 0.05) is 11.0 Å². The number of imide groups is 2. The van der Waals surface area contributed by atoms with Gasteiger partial charge in [0.05, 0.1) is 46.0 Å². The highest BCUT2D eigenvalue weighted by atomic mass is 79.9. The highest BCUT2D eigenvalue weighted by Crippen LogP contribution is 2.72. The minimum atomic E-state index is -1.47. The average molecular weight is 634 g/mol. The minimum Gasteiger partial charge on any atom is -0.463 e. The Hall–Kier alpha value is -3.59. The molecular weight excluding hydrogens is 600 g/mol. The van der Waals surface area contributed by atoms with Crippen LogP contribution in [0.5, 0.6) is 0 Å². The van der Waals surface area contributed by atoms with Gasteiger partial charge in [-0.3, -0.25) is 19.2 Å². The summed E-state index contributed by atoms with van der Waals surface area (Å²) in [5, 5.41) is 0. The Morgan fingerprint density at radius 3 is 1.55 bits per heavy atom. The van der Waals surface area contributed by atoms with Crippen LogP contribution in [0.2, 0.25) is 0 Å². The van der Waals surface area contributed by atoms with Gasteiger partial charge in [0.15, 0.2) is 0 Å². The number of benzene rings is 2. The molecule has 0 radical (unpaired) electrons. The van der Waals surface area contributed by atoms with Gasteiger partial charge >= 0.3 is 5.97 Å². The molecule has 218 valence electrons. The first-order chi connectivity index (χ1) is 19.7. The molecule has 8 nitrogen and oxygen atoms in total. The summed E-state index contributed by atoms with van der Waals surface area (Å²) in [6.07, 6.45) is 0. The lowest BCUT2D eigenvalue weighted by atomic mass is 9.43. The van der Waals surface area contributed by atoms with Crippen LogP contribution < -0.4 is 9.80 Å². The van der Waals surface area contributed by atoms with Crippen molar-refractivity contribution in [3.05, 3.63) is 69.8 Å². The Balaban J connectivity index is 1.60. The van der Waals surface area contributed by atoms with Crippen LogP contribution in [0.15, 0.2) is 47.5 Å². The molecular formula is C33H33BrN2O6. The average Bonchev–Trinajstić information content (AvgIpc) is 3.34. The first kappa shape index (κ1) is 28.5. The van der Waals surface area contributed by atoms with Gasteiger partial charge in [0.2, 0.25) is 23.6 Å². The monoisotopic (exact) mass is 632 g/mol. The maximum Gasteiger partial charge on any atom is 0.334 e. The number of anilines is 2. The number of hydrogen-bond acceptors (Lipinski definition) is 6. The summed E-state index contributed by atoms with van der Waals surface area (Å²) >= 11 is 3.83. The number of ether oxygens (including phenoxy) is 1. The van der Waals surface area contributed by atoms with Gasteiger partial charge in [-0.15, -0.1) is 0 Å².